The summed E-state index contributed by atoms with van der Waals surface area (Å²) in [5, 5.41) is 9.07. The van der Waals surface area contributed by atoms with E-state index in [1.807, 2.05) is 5.38 Å². The van der Waals surface area contributed by atoms with Crippen molar-refractivity contribution in [3.8, 4) is 11.6 Å². The van der Waals surface area contributed by atoms with Crippen LogP contribution in [0.25, 0.3) is 11.6 Å². The predicted molar refractivity (Wildman–Crippen MR) is 35.4 cm³/mol. The Hall–Kier alpha value is -1.23. The summed E-state index contributed by atoms with van der Waals surface area (Å²) in [5.74, 6) is 0.473. The monoisotopic (exact) mass is 153 g/mol. The molecule has 0 atom stereocenters. The lowest BCUT2D eigenvalue weighted by Crippen LogP contribution is -1.74. The number of hydrogen-bond donors (Lipinski definition) is 0. The van der Waals surface area contributed by atoms with Crippen molar-refractivity contribution in [2.24, 2.45) is 0 Å². The Morgan fingerprint density at radius 1 is 1.50 bits per heavy atom. The molecule has 4 nitrogen and oxygen atoms in total. The fraction of sp³-hybridized carbons (Fsp3) is 0. The number of thiazole rings is 1. The zero-order chi connectivity index (χ0) is 6.81. The average Bonchev–Trinajstić information content (AvgIpc) is 2.59. The van der Waals surface area contributed by atoms with E-state index in [-0.39, 0.29) is 0 Å². The van der Waals surface area contributed by atoms with Gasteiger partial charge in [-0.1, -0.05) is 0 Å². The minimum absolute atomic E-state index is 0.473. The van der Waals surface area contributed by atoms with E-state index in [2.05, 4.69) is 15.2 Å². The minimum Gasteiger partial charge on any atom is -0.422 e. The SMILES string of the molecule is c1nnc(-c2cscn2)o1. The Morgan fingerprint density at radius 3 is 3.10 bits per heavy atom. The highest BCUT2D eigenvalue weighted by Gasteiger charge is 2.02. The first-order valence-corrected chi connectivity index (χ1v) is 3.56. The molecule has 0 aliphatic heterocycles. The third-order valence-electron chi connectivity index (χ3n) is 1.01. The quantitative estimate of drug-likeness (QED) is 0.617. The molecular weight excluding hydrogens is 150 g/mol. The van der Waals surface area contributed by atoms with E-state index in [9.17, 15) is 0 Å². The van der Waals surface area contributed by atoms with Gasteiger partial charge in [0.05, 0.1) is 5.51 Å². The van der Waals surface area contributed by atoms with Gasteiger partial charge in [0.2, 0.25) is 6.39 Å². The summed E-state index contributed by atoms with van der Waals surface area (Å²) < 4.78 is 4.90. The molecule has 0 aliphatic rings. The molecule has 0 aliphatic carbocycles. The molecule has 0 saturated carbocycles. The first kappa shape index (κ1) is 5.55. The minimum atomic E-state index is 0.473. The van der Waals surface area contributed by atoms with Gasteiger partial charge in [-0.05, 0) is 0 Å². The fourth-order valence-electron chi connectivity index (χ4n) is 0.603. The molecular formula is C5H3N3OS. The van der Waals surface area contributed by atoms with Gasteiger partial charge in [0.1, 0.15) is 5.69 Å². The van der Waals surface area contributed by atoms with Crippen LogP contribution in [-0.2, 0) is 0 Å². The topological polar surface area (TPSA) is 51.8 Å². The van der Waals surface area contributed by atoms with E-state index in [4.69, 9.17) is 4.42 Å². The lowest BCUT2D eigenvalue weighted by molar-refractivity contribution is 0.567. The summed E-state index contributed by atoms with van der Waals surface area (Å²) in [7, 11) is 0. The molecule has 2 heterocycles. The van der Waals surface area contributed by atoms with Crippen molar-refractivity contribution in [3.63, 3.8) is 0 Å². The van der Waals surface area contributed by atoms with Crippen molar-refractivity contribution < 1.29 is 4.42 Å². The molecule has 0 bridgehead atoms. The van der Waals surface area contributed by atoms with Crippen molar-refractivity contribution in [2.75, 3.05) is 0 Å². The second kappa shape index (κ2) is 2.18. The van der Waals surface area contributed by atoms with Gasteiger partial charge in [-0.3, -0.25) is 0 Å². The number of aromatic nitrogens is 3. The van der Waals surface area contributed by atoms with Gasteiger partial charge in [0.15, 0.2) is 0 Å². The van der Waals surface area contributed by atoms with Crippen LogP contribution in [0.2, 0.25) is 0 Å². The molecule has 5 heteroatoms. The van der Waals surface area contributed by atoms with E-state index in [0.717, 1.165) is 5.69 Å². The van der Waals surface area contributed by atoms with Gasteiger partial charge in [-0.15, -0.1) is 21.5 Å². The van der Waals surface area contributed by atoms with Gasteiger partial charge in [0.25, 0.3) is 5.89 Å². The largest absolute Gasteiger partial charge is 0.422 e. The van der Waals surface area contributed by atoms with Gasteiger partial charge < -0.3 is 4.42 Å². The van der Waals surface area contributed by atoms with E-state index in [0.29, 0.717) is 5.89 Å². The van der Waals surface area contributed by atoms with Crippen LogP contribution in [0.15, 0.2) is 21.7 Å². The first-order chi connectivity index (χ1) is 4.97. The molecule has 0 fully saturated rings. The average molecular weight is 153 g/mol. The van der Waals surface area contributed by atoms with Crippen molar-refractivity contribution in [3.05, 3.63) is 17.3 Å². The summed E-state index contributed by atoms with van der Waals surface area (Å²) >= 11 is 1.50. The Morgan fingerprint density at radius 2 is 2.50 bits per heavy atom. The van der Waals surface area contributed by atoms with Crippen LogP contribution in [0.5, 0.6) is 0 Å². The van der Waals surface area contributed by atoms with Gasteiger partial charge in [-0.25, -0.2) is 4.98 Å². The van der Waals surface area contributed by atoms with E-state index < -0.39 is 0 Å². The van der Waals surface area contributed by atoms with Crippen LogP contribution in [0.1, 0.15) is 0 Å². The summed E-state index contributed by atoms with van der Waals surface area (Å²) in [6.07, 6.45) is 1.29. The Kier molecular flexibility index (Phi) is 1.21. The van der Waals surface area contributed by atoms with Crippen molar-refractivity contribution in [1.29, 1.82) is 0 Å². The number of hydrogen-bond acceptors (Lipinski definition) is 5. The molecule has 0 aromatic carbocycles. The summed E-state index contributed by atoms with van der Waals surface area (Å²) in [6, 6.07) is 0. The Balaban J connectivity index is 2.48. The third kappa shape index (κ3) is 0.801. The van der Waals surface area contributed by atoms with Gasteiger partial charge >= 0.3 is 0 Å². The van der Waals surface area contributed by atoms with Crippen LogP contribution in [-0.4, -0.2) is 15.2 Å². The molecule has 2 rings (SSSR count). The maximum absolute atomic E-state index is 4.90. The third-order valence-corrected chi connectivity index (χ3v) is 1.60. The Bertz CT molecular complexity index is 256. The summed E-state index contributed by atoms with van der Waals surface area (Å²) in [6.45, 7) is 0. The van der Waals surface area contributed by atoms with Gasteiger partial charge in [0, 0.05) is 5.38 Å². The second-order valence-corrected chi connectivity index (χ2v) is 2.34. The van der Waals surface area contributed by atoms with E-state index in [1.165, 1.54) is 17.7 Å². The molecule has 0 radical (unpaired) electrons. The Labute approximate surface area is 60.6 Å². The zero-order valence-electron chi connectivity index (χ0n) is 4.89. The molecule has 10 heavy (non-hydrogen) atoms. The molecule has 2 aromatic rings. The predicted octanol–water partition coefficient (Wildman–Crippen LogP) is 1.19. The number of rotatable bonds is 1. The molecule has 0 amide bonds. The molecule has 2 aromatic heterocycles. The van der Waals surface area contributed by atoms with Crippen molar-refractivity contribution >= 4 is 11.3 Å². The molecule has 0 saturated heterocycles. The van der Waals surface area contributed by atoms with Gasteiger partial charge in [-0.2, -0.15) is 0 Å². The fourth-order valence-corrected chi connectivity index (χ4v) is 1.13. The van der Waals surface area contributed by atoms with Crippen LogP contribution >= 0.6 is 11.3 Å². The van der Waals surface area contributed by atoms with Crippen molar-refractivity contribution in [2.45, 2.75) is 0 Å². The van der Waals surface area contributed by atoms with Crippen LogP contribution in [0.4, 0.5) is 0 Å². The summed E-state index contributed by atoms with van der Waals surface area (Å²) in [4.78, 5) is 3.98. The molecule has 0 spiro atoms. The van der Waals surface area contributed by atoms with Crippen LogP contribution < -0.4 is 0 Å². The van der Waals surface area contributed by atoms with Crippen LogP contribution in [0.3, 0.4) is 0 Å². The normalized spacial score (nSPS) is 10.0. The highest BCUT2D eigenvalue weighted by Crippen LogP contribution is 2.14. The standard InChI is InChI=1S/C5H3N3OS/c1-4(6-3-10-1)5-8-7-2-9-5/h1-3H. The lowest BCUT2D eigenvalue weighted by atomic mass is 10.5. The smallest absolute Gasteiger partial charge is 0.266 e. The highest BCUT2D eigenvalue weighted by atomic mass is 32.1. The zero-order valence-corrected chi connectivity index (χ0v) is 5.71. The van der Waals surface area contributed by atoms with E-state index in [1.54, 1.807) is 5.51 Å². The maximum atomic E-state index is 4.90. The lowest BCUT2D eigenvalue weighted by Gasteiger charge is -1.79. The molecule has 0 unspecified atom stereocenters. The maximum Gasteiger partial charge on any atom is 0.266 e. The molecule has 0 N–H and O–H groups in total. The first-order valence-electron chi connectivity index (χ1n) is 2.61. The highest BCUT2D eigenvalue weighted by molar-refractivity contribution is 7.07. The van der Waals surface area contributed by atoms with Crippen LogP contribution in [0, 0.1) is 0 Å². The van der Waals surface area contributed by atoms with Crippen molar-refractivity contribution in [1.82, 2.24) is 15.2 Å². The number of nitrogens with zero attached hydrogens (tertiary/aromatic N) is 3. The van der Waals surface area contributed by atoms with E-state index >= 15 is 0 Å². The second-order valence-electron chi connectivity index (χ2n) is 1.62. The molecule has 50 valence electrons. The summed E-state index contributed by atoms with van der Waals surface area (Å²) in [5.41, 5.74) is 2.46.